The molecule has 108 valence electrons. The van der Waals surface area contributed by atoms with Gasteiger partial charge in [0.2, 0.25) is 0 Å². The van der Waals surface area contributed by atoms with E-state index in [2.05, 4.69) is 15.0 Å². The second-order valence-corrected chi connectivity index (χ2v) is 5.81. The zero-order valence-electron chi connectivity index (χ0n) is 11.3. The van der Waals surface area contributed by atoms with Gasteiger partial charge in [0.15, 0.2) is 5.84 Å². The molecule has 1 saturated heterocycles. The third-order valence-corrected chi connectivity index (χ3v) is 4.39. The summed E-state index contributed by atoms with van der Waals surface area (Å²) in [7, 11) is 0. The van der Waals surface area contributed by atoms with Crippen LogP contribution in [0.25, 0.3) is 0 Å². The van der Waals surface area contributed by atoms with Gasteiger partial charge in [0, 0.05) is 43.5 Å². The first-order valence-electron chi connectivity index (χ1n) is 6.95. The minimum Gasteiger partial charge on any atom is -0.409 e. The average Bonchev–Trinajstić information content (AvgIpc) is 3.31. The van der Waals surface area contributed by atoms with Gasteiger partial charge >= 0.3 is 0 Å². The summed E-state index contributed by atoms with van der Waals surface area (Å²) in [4.78, 5) is 4.91. The van der Waals surface area contributed by atoms with E-state index in [0.717, 1.165) is 37.9 Å². The number of oxime groups is 1. The molecule has 0 unspecified atom stereocenters. The highest BCUT2D eigenvalue weighted by molar-refractivity contribution is 6.34. The van der Waals surface area contributed by atoms with Gasteiger partial charge in [-0.2, -0.15) is 0 Å². The van der Waals surface area contributed by atoms with Crippen molar-refractivity contribution in [2.45, 2.75) is 18.9 Å². The lowest BCUT2D eigenvalue weighted by Gasteiger charge is -2.36. The SMILES string of the molecule is NC(=NO)c1ccc(N2CCN(C3CC3)CC2)cc1Cl. The monoisotopic (exact) mass is 294 g/mol. The number of benzene rings is 1. The summed E-state index contributed by atoms with van der Waals surface area (Å²) in [6.45, 7) is 4.28. The topological polar surface area (TPSA) is 65.1 Å². The number of nitrogens with two attached hydrogens (primary N) is 1. The van der Waals surface area contributed by atoms with Crippen molar-refractivity contribution >= 4 is 23.1 Å². The number of halogens is 1. The van der Waals surface area contributed by atoms with Crippen molar-refractivity contribution in [2.24, 2.45) is 10.9 Å². The van der Waals surface area contributed by atoms with Crippen molar-refractivity contribution in [2.75, 3.05) is 31.1 Å². The van der Waals surface area contributed by atoms with Gasteiger partial charge in [-0.15, -0.1) is 0 Å². The molecule has 0 radical (unpaired) electrons. The Labute approximate surface area is 123 Å². The van der Waals surface area contributed by atoms with Crippen LogP contribution in [-0.4, -0.2) is 48.2 Å². The summed E-state index contributed by atoms with van der Waals surface area (Å²) >= 11 is 6.20. The molecule has 0 atom stereocenters. The number of nitrogens with zero attached hydrogens (tertiary/aromatic N) is 3. The second kappa shape index (κ2) is 5.50. The Kier molecular flexibility index (Phi) is 3.72. The zero-order valence-corrected chi connectivity index (χ0v) is 12.1. The van der Waals surface area contributed by atoms with Crippen LogP contribution in [0.4, 0.5) is 5.69 Å². The van der Waals surface area contributed by atoms with E-state index in [0.29, 0.717) is 10.6 Å². The molecule has 1 aliphatic heterocycles. The fourth-order valence-electron chi connectivity index (χ4n) is 2.75. The Morgan fingerprint density at radius 3 is 2.50 bits per heavy atom. The quantitative estimate of drug-likeness (QED) is 0.386. The standard InChI is InChI=1S/C14H19ClN4O/c15-13-9-11(3-4-12(13)14(16)17-20)19-7-5-18(6-8-19)10-1-2-10/h3-4,9-10,20H,1-2,5-8H2,(H2,16,17). The molecule has 0 aromatic heterocycles. The fourth-order valence-corrected chi connectivity index (χ4v) is 3.02. The Morgan fingerprint density at radius 2 is 1.95 bits per heavy atom. The number of hydrogen-bond acceptors (Lipinski definition) is 4. The summed E-state index contributed by atoms with van der Waals surface area (Å²) in [6, 6.07) is 6.51. The molecule has 1 saturated carbocycles. The van der Waals surface area contributed by atoms with Crippen LogP contribution >= 0.6 is 11.6 Å². The van der Waals surface area contributed by atoms with E-state index in [1.807, 2.05) is 12.1 Å². The van der Waals surface area contributed by atoms with Gasteiger partial charge in [-0.25, -0.2) is 0 Å². The summed E-state index contributed by atoms with van der Waals surface area (Å²) < 4.78 is 0. The summed E-state index contributed by atoms with van der Waals surface area (Å²) in [5, 5.41) is 12.2. The number of piperazine rings is 1. The third kappa shape index (κ3) is 2.69. The van der Waals surface area contributed by atoms with Crippen molar-refractivity contribution in [1.29, 1.82) is 0 Å². The third-order valence-electron chi connectivity index (χ3n) is 4.08. The highest BCUT2D eigenvalue weighted by Gasteiger charge is 2.31. The van der Waals surface area contributed by atoms with E-state index in [9.17, 15) is 0 Å². The Balaban J connectivity index is 1.70. The van der Waals surface area contributed by atoms with Gasteiger partial charge < -0.3 is 15.8 Å². The van der Waals surface area contributed by atoms with Gasteiger partial charge in [-0.05, 0) is 31.0 Å². The molecule has 5 nitrogen and oxygen atoms in total. The molecule has 2 aliphatic rings. The Bertz CT molecular complexity index is 522. The molecule has 1 aromatic carbocycles. The number of anilines is 1. The van der Waals surface area contributed by atoms with Crippen LogP contribution in [0.5, 0.6) is 0 Å². The van der Waals surface area contributed by atoms with Crippen molar-refractivity contribution in [3.63, 3.8) is 0 Å². The maximum Gasteiger partial charge on any atom is 0.171 e. The summed E-state index contributed by atoms with van der Waals surface area (Å²) in [6.07, 6.45) is 2.72. The van der Waals surface area contributed by atoms with Crippen molar-refractivity contribution in [3.05, 3.63) is 28.8 Å². The highest BCUT2D eigenvalue weighted by Crippen LogP contribution is 2.29. The number of amidine groups is 1. The van der Waals surface area contributed by atoms with Crippen molar-refractivity contribution < 1.29 is 5.21 Å². The Hall–Kier alpha value is -1.46. The molecular weight excluding hydrogens is 276 g/mol. The van der Waals surface area contributed by atoms with E-state index in [4.69, 9.17) is 22.5 Å². The molecule has 0 bridgehead atoms. The lowest BCUT2D eigenvalue weighted by Crippen LogP contribution is -2.47. The summed E-state index contributed by atoms with van der Waals surface area (Å²) in [5.74, 6) is 0.0418. The van der Waals surface area contributed by atoms with Crippen LogP contribution in [0, 0.1) is 0 Å². The van der Waals surface area contributed by atoms with Gasteiger partial charge in [0.25, 0.3) is 0 Å². The van der Waals surface area contributed by atoms with Gasteiger partial charge in [-0.1, -0.05) is 16.8 Å². The molecule has 0 amide bonds. The largest absolute Gasteiger partial charge is 0.409 e. The molecule has 2 fully saturated rings. The first-order chi connectivity index (χ1) is 9.69. The van der Waals surface area contributed by atoms with E-state index in [1.165, 1.54) is 12.8 Å². The van der Waals surface area contributed by atoms with Crippen LogP contribution < -0.4 is 10.6 Å². The van der Waals surface area contributed by atoms with Crippen LogP contribution in [-0.2, 0) is 0 Å². The first-order valence-corrected chi connectivity index (χ1v) is 7.33. The molecule has 0 spiro atoms. The summed E-state index contributed by atoms with van der Waals surface area (Å²) in [5.41, 5.74) is 7.24. The minimum atomic E-state index is 0.0418. The minimum absolute atomic E-state index is 0.0418. The maximum atomic E-state index is 8.71. The van der Waals surface area contributed by atoms with Crippen LogP contribution in [0.15, 0.2) is 23.4 Å². The van der Waals surface area contributed by atoms with E-state index in [1.54, 1.807) is 6.07 Å². The predicted octanol–water partition coefficient (Wildman–Crippen LogP) is 1.72. The first kappa shape index (κ1) is 13.5. The second-order valence-electron chi connectivity index (χ2n) is 5.40. The molecule has 1 heterocycles. The normalized spacial score (nSPS) is 21.2. The highest BCUT2D eigenvalue weighted by atomic mass is 35.5. The van der Waals surface area contributed by atoms with Gasteiger partial charge in [0.1, 0.15) is 0 Å². The zero-order chi connectivity index (χ0) is 14.1. The average molecular weight is 295 g/mol. The molecular formula is C14H19ClN4O. The van der Waals surface area contributed by atoms with E-state index in [-0.39, 0.29) is 5.84 Å². The lowest BCUT2D eigenvalue weighted by atomic mass is 10.1. The van der Waals surface area contributed by atoms with Gasteiger partial charge in [0.05, 0.1) is 5.02 Å². The predicted molar refractivity (Wildman–Crippen MR) is 80.8 cm³/mol. The lowest BCUT2D eigenvalue weighted by molar-refractivity contribution is 0.248. The smallest absolute Gasteiger partial charge is 0.171 e. The number of hydrogen-bond donors (Lipinski definition) is 2. The fraction of sp³-hybridized carbons (Fsp3) is 0.500. The maximum absolute atomic E-state index is 8.71. The molecule has 3 N–H and O–H groups in total. The van der Waals surface area contributed by atoms with Crippen LogP contribution in [0.2, 0.25) is 5.02 Å². The van der Waals surface area contributed by atoms with Crippen molar-refractivity contribution in [3.8, 4) is 0 Å². The Morgan fingerprint density at radius 1 is 1.25 bits per heavy atom. The molecule has 6 heteroatoms. The van der Waals surface area contributed by atoms with Crippen molar-refractivity contribution in [1.82, 2.24) is 4.90 Å². The molecule has 1 aliphatic carbocycles. The van der Waals surface area contributed by atoms with E-state index < -0.39 is 0 Å². The molecule has 1 aromatic rings. The number of rotatable bonds is 3. The van der Waals surface area contributed by atoms with E-state index >= 15 is 0 Å². The van der Waals surface area contributed by atoms with Crippen LogP contribution in [0.3, 0.4) is 0 Å². The molecule has 3 rings (SSSR count). The molecule has 20 heavy (non-hydrogen) atoms. The van der Waals surface area contributed by atoms with Gasteiger partial charge in [-0.3, -0.25) is 4.90 Å². The van der Waals surface area contributed by atoms with Crippen LogP contribution in [0.1, 0.15) is 18.4 Å².